The van der Waals surface area contributed by atoms with Crippen LogP contribution in [0.1, 0.15) is 17.4 Å². The third kappa shape index (κ3) is 4.12. The zero-order valence-electron chi connectivity index (χ0n) is 12.7. The molecule has 1 atom stereocenters. The van der Waals surface area contributed by atoms with Gasteiger partial charge < -0.3 is 10.1 Å². The number of esters is 1. The van der Waals surface area contributed by atoms with E-state index in [0.29, 0.717) is 5.69 Å². The van der Waals surface area contributed by atoms with Gasteiger partial charge in [0.1, 0.15) is 0 Å². The lowest BCUT2D eigenvalue weighted by atomic mass is 10.3. The zero-order chi connectivity index (χ0) is 17.9. The van der Waals surface area contributed by atoms with Crippen molar-refractivity contribution in [3.8, 4) is 0 Å². The quantitative estimate of drug-likeness (QED) is 0.834. The Morgan fingerprint density at radius 1 is 1.25 bits per heavy atom. The molecule has 2 rings (SSSR count). The van der Waals surface area contributed by atoms with Crippen molar-refractivity contribution in [1.82, 2.24) is 9.78 Å². The van der Waals surface area contributed by atoms with Gasteiger partial charge in [0.2, 0.25) is 0 Å². The Balaban J connectivity index is 2.05. The number of aromatic nitrogens is 2. The first kappa shape index (κ1) is 18.0. The van der Waals surface area contributed by atoms with E-state index in [9.17, 15) is 14.4 Å². The molecule has 1 heterocycles. The van der Waals surface area contributed by atoms with E-state index >= 15 is 0 Å². The molecular formula is C15H13Cl2N3O4. The minimum atomic E-state index is -1.11. The number of aryl methyl sites for hydroxylation is 1. The maximum atomic E-state index is 12.1. The Bertz CT molecular complexity index is 851. The van der Waals surface area contributed by atoms with Crippen LogP contribution in [0.15, 0.2) is 35.1 Å². The molecule has 2 aromatic rings. The zero-order valence-corrected chi connectivity index (χ0v) is 14.3. The number of anilines is 1. The van der Waals surface area contributed by atoms with Crippen molar-refractivity contribution >= 4 is 40.8 Å². The Morgan fingerprint density at radius 3 is 2.62 bits per heavy atom. The smallest absolute Gasteiger partial charge is 0.359 e. The third-order valence-corrected chi connectivity index (χ3v) is 3.85. The SMILES string of the molecule is CC(OC(=O)c1ccc(=O)n(C)n1)C(=O)Nc1cccc(Cl)c1Cl. The molecule has 1 unspecified atom stereocenters. The van der Waals surface area contributed by atoms with E-state index in [-0.39, 0.29) is 21.3 Å². The molecule has 0 spiro atoms. The molecule has 7 nitrogen and oxygen atoms in total. The molecule has 9 heteroatoms. The van der Waals surface area contributed by atoms with Gasteiger partial charge in [0, 0.05) is 13.1 Å². The Labute approximate surface area is 147 Å². The summed E-state index contributed by atoms with van der Waals surface area (Å²) in [6, 6.07) is 7.17. The molecule has 1 N–H and O–H groups in total. The average Bonchev–Trinajstić information content (AvgIpc) is 2.54. The molecule has 0 fully saturated rings. The predicted octanol–water partition coefficient (Wildman–Crippen LogP) is 2.27. The van der Waals surface area contributed by atoms with Crippen LogP contribution in [-0.2, 0) is 16.6 Å². The second-order valence-corrected chi connectivity index (χ2v) is 5.60. The molecule has 24 heavy (non-hydrogen) atoms. The number of amides is 1. The van der Waals surface area contributed by atoms with Crippen LogP contribution in [0.4, 0.5) is 5.69 Å². The largest absolute Gasteiger partial charge is 0.448 e. The molecule has 0 saturated heterocycles. The Morgan fingerprint density at radius 2 is 1.96 bits per heavy atom. The molecule has 1 aromatic carbocycles. The van der Waals surface area contributed by atoms with Crippen molar-refractivity contribution in [2.45, 2.75) is 13.0 Å². The van der Waals surface area contributed by atoms with Gasteiger partial charge in [0.15, 0.2) is 11.8 Å². The van der Waals surface area contributed by atoms with Gasteiger partial charge in [0.05, 0.1) is 15.7 Å². The maximum Gasteiger partial charge on any atom is 0.359 e. The summed E-state index contributed by atoms with van der Waals surface area (Å²) in [5.74, 6) is -1.41. The second kappa shape index (κ2) is 7.46. The molecule has 1 amide bonds. The number of nitrogens with zero attached hydrogens (tertiary/aromatic N) is 2. The Kier molecular flexibility index (Phi) is 5.58. The second-order valence-electron chi connectivity index (χ2n) is 4.82. The lowest BCUT2D eigenvalue weighted by Gasteiger charge is -2.14. The number of hydrogen-bond acceptors (Lipinski definition) is 5. The van der Waals surface area contributed by atoms with Gasteiger partial charge in [-0.2, -0.15) is 5.10 Å². The molecule has 1 aromatic heterocycles. The molecule has 0 radical (unpaired) electrons. The molecule has 0 saturated carbocycles. The van der Waals surface area contributed by atoms with Crippen LogP contribution < -0.4 is 10.9 Å². The van der Waals surface area contributed by atoms with Crippen molar-refractivity contribution in [1.29, 1.82) is 0 Å². The summed E-state index contributed by atoms with van der Waals surface area (Å²) in [6.07, 6.45) is -1.11. The summed E-state index contributed by atoms with van der Waals surface area (Å²) in [7, 11) is 1.40. The summed E-state index contributed by atoms with van der Waals surface area (Å²) in [4.78, 5) is 35.3. The predicted molar refractivity (Wildman–Crippen MR) is 89.4 cm³/mol. The maximum absolute atomic E-state index is 12.1. The summed E-state index contributed by atoms with van der Waals surface area (Å²) in [5.41, 5.74) is -0.150. The highest BCUT2D eigenvalue weighted by atomic mass is 35.5. The van der Waals surface area contributed by atoms with Gasteiger partial charge in [-0.05, 0) is 25.1 Å². The van der Waals surface area contributed by atoms with Gasteiger partial charge in [-0.1, -0.05) is 29.3 Å². The summed E-state index contributed by atoms with van der Waals surface area (Å²) >= 11 is 11.8. The van der Waals surface area contributed by atoms with Crippen LogP contribution in [0.25, 0.3) is 0 Å². The number of benzene rings is 1. The van der Waals surface area contributed by atoms with Crippen LogP contribution in [0.5, 0.6) is 0 Å². The highest BCUT2D eigenvalue weighted by Crippen LogP contribution is 2.29. The number of ether oxygens (including phenoxy) is 1. The molecule has 126 valence electrons. The fourth-order valence-electron chi connectivity index (χ4n) is 1.72. The first-order chi connectivity index (χ1) is 11.3. The van der Waals surface area contributed by atoms with E-state index in [1.165, 1.54) is 26.1 Å². The van der Waals surface area contributed by atoms with Crippen molar-refractivity contribution in [3.05, 3.63) is 56.4 Å². The number of rotatable bonds is 4. The van der Waals surface area contributed by atoms with Gasteiger partial charge >= 0.3 is 5.97 Å². The van der Waals surface area contributed by atoms with E-state index in [1.807, 2.05) is 0 Å². The summed E-state index contributed by atoms with van der Waals surface area (Å²) in [5, 5.41) is 6.75. The van der Waals surface area contributed by atoms with Crippen LogP contribution in [-0.4, -0.2) is 27.8 Å². The number of hydrogen-bond donors (Lipinski definition) is 1. The van der Waals surface area contributed by atoms with E-state index in [0.717, 1.165) is 4.68 Å². The van der Waals surface area contributed by atoms with E-state index in [4.69, 9.17) is 27.9 Å². The van der Waals surface area contributed by atoms with E-state index in [2.05, 4.69) is 10.4 Å². The van der Waals surface area contributed by atoms with Gasteiger partial charge in [-0.25, -0.2) is 9.48 Å². The molecule has 0 bridgehead atoms. The molecular weight excluding hydrogens is 357 g/mol. The first-order valence-corrected chi connectivity index (χ1v) is 7.55. The number of carbonyl (C=O) groups excluding carboxylic acids is 2. The number of halogens is 2. The fraction of sp³-hybridized carbons (Fsp3) is 0.200. The Hall–Kier alpha value is -2.38. The van der Waals surface area contributed by atoms with E-state index < -0.39 is 18.0 Å². The van der Waals surface area contributed by atoms with Crippen LogP contribution in [0, 0.1) is 0 Å². The topological polar surface area (TPSA) is 90.3 Å². The number of nitrogens with one attached hydrogen (secondary N) is 1. The molecule has 0 aliphatic rings. The lowest BCUT2D eigenvalue weighted by Crippen LogP contribution is -2.31. The van der Waals surface area contributed by atoms with Crippen LogP contribution in [0.3, 0.4) is 0 Å². The highest BCUT2D eigenvalue weighted by Gasteiger charge is 2.21. The van der Waals surface area contributed by atoms with Gasteiger partial charge in [-0.15, -0.1) is 0 Å². The summed E-state index contributed by atoms with van der Waals surface area (Å²) in [6.45, 7) is 1.40. The normalized spacial score (nSPS) is 11.7. The van der Waals surface area contributed by atoms with Crippen molar-refractivity contribution in [2.24, 2.45) is 7.05 Å². The van der Waals surface area contributed by atoms with Crippen LogP contribution in [0.2, 0.25) is 10.0 Å². The van der Waals surface area contributed by atoms with Gasteiger partial charge in [0.25, 0.3) is 11.5 Å². The monoisotopic (exact) mass is 369 g/mol. The third-order valence-electron chi connectivity index (χ3n) is 3.03. The van der Waals surface area contributed by atoms with E-state index in [1.54, 1.807) is 18.2 Å². The first-order valence-electron chi connectivity index (χ1n) is 6.80. The van der Waals surface area contributed by atoms with Crippen LogP contribution >= 0.6 is 23.2 Å². The van der Waals surface area contributed by atoms with Gasteiger partial charge in [-0.3, -0.25) is 9.59 Å². The number of carbonyl (C=O) groups is 2. The highest BCUT2D eigenvalue weighted by molar-refractivity contribution is 6.44. The molecule has 0 aliphatic heterocycles. The molecule has 0 aliphatic carbocycles. The standard InChI is InChI=1S/C15H13Cl2N3O4/c1-8(14(22)18-10-5-3-4-9(16)13(10)17)24-15(23)11-6-7-12(21)20(2)19-11/h3-8H,1-2H3,(H,18,22). The minimum Gasteiger partial charge on any atom is -0.448 e. The lowest BCUT2D eigenvalue weighted by molar-refractivity contribution is -0.123. The van der Waals surface area contributed by atoms with Crippen molar-refractivity contribution < 1.29 is 14.3 Å². The van der Waals surface area contributed by atoms with Crippen molar-refractivity contribution in [2.75, 3.05) is 5.32 Å². The fourth-order valence-corrected chi connectivity index (χ4v) is 2.07. The average molecular weight is 370 g/mol. The van der Waals surface area contributed by atoms with Crippen molar-refractivity contribution in [3.63, 3.8) is 0 Å². The minimum absolute atomic E-state index is 0.0856. The summed E-state index contributed by atoms with van der Waals surface area (Å²) < 4.78 is 6.02.